The van der Waals surface area contributed by atoms with Gasteiger partial charge in [0.15, 0.2) is 5.69 Å². The minimum absolute atomic E-state index is 0.196. The number of nitrogens with zero attached hydrogens (tertiary/aromatic N) is 4. The molecule has 5 rings (SSSR count). The van der Waals surface area contributed by atoms with E-state index in [4.69, 9.17) is 9.72 Å². The molecule has 1 aliphatic heterocycles. The number of aliphatic carboxylic acids is 1. The van der Waals surface area contributed by atoms with E-state index in [2.05, 4.69) is 0 Å². The largest absolute Gasteiger partial charge is 0.478 e. The number of carboxylic acid groups (broad SMARTS) is 1. The SMILES string of the molecule is CC(C)(C)OC(=O)N1CCN(C(=O)c2ncn([C@H]3CCCCC3=CC(=O)O)c2-c2ccccc2)[C@H](Cc2ccccc2)C1. The molecule has 2 aromatic carbocycles. The van der Waals surface area contributed by atoms with Crippen LogP contribution < -0.4 is 0 Å². The second-order valence-electron chi connectivity index (χ2n) is 12.3. The first-order chi connectivity index (χ1) is 20.6. The zero-order valence-electron chi connectivity index (χ0n) is 25.1. The summed E-state index contributed by atoms with van der Waals surface area (Å²) in [4.78, 5) is 47.4. The maximum atomic E-state index is 14.5. The number of amides is 2. The van der Waals surface area contributed by atoms with E-state index in [1.165, 1.54) is 6.08 Å². The van der Waals surface area contributed by atoms with Crippen LogP contribution in [0.25, 0.3) is 11.3 Å². The molecular formula is C34H40N4O5. The molecule has 0 spiro atoms. The number of carbonyl (C=O) groups excluding carboxylic acids is 2. The Labute approximate surface area is 252 Å². The molecule has 2 amide bonds. The Kier molecular flexibility index (Phi) is 8.99. The van der Waals surface area contributed by atoms with Gasteiger partial charge in [-0.15, -0.1) is 0 Å². The lowest BCUT2D eigenvalue weighted by atomic mass is 9.89. The summed E-state index contributed by atoms with van der Waals surface area (Å²) in [7, 11) is 0. The molecule has 0 radical (unpaired) electrons. The molecule has 0 unspecified atom stereocenters. The summed E-state index contributed by atoms with van der Waals surface area (Å²) in [6.45, 7) is 6.56. The summed E-state index contributed by atoms with van der Waals surface area (Å²) in [6.07, 6.45) is 6.54. The lowest BCUT2D eigenvalue weighted by Crippen LogP contribution is -2.58. The first kappa shape index (κ1) is 30.1. The Morgan fingerprint density at radius 2 is 1.70 bits per heavy atom. The number of ether oxygens (including phenoxy) is 1. The smallest absolute Gasteiger partial charge is 0.410 e. The van der Waals surface area contributed by atoms with Crippen molar-refractivity contribution in [3.05, 3.63) is 89.9 Å². The van der Waals surface area contributed by atoms with Crippen molar-refractivity contribution in [2.24, 2.45) is 0 Å². The molecule has 9 nitrogen and oxygen atoms in total. The molecule has 9 heteroatoms. The molecule has 226 valence electrons. The van der Waals surface area contributed by atoms with Crippen molar-refractivity contribution in [1.82, 2.24) is 19.4 Å². The fourth-order valence-electron chi connectivity index (χ4n) is 6.11. The van der Waals surface area contributed by atoms with Crippen molar-refractivity contribution in [2.75, 3.05) is 19.6 Å². The van der Waals surface area contributed by atoms with E-state index in [1.54, 1.807) is 11.2 Å². The fraction of sp³-hybridized carbons (Fsp3) is 0.412. The van der Waals surface area contributed by atoms with E-state index in [0.717, 1.165) is 36.0 Å². The van der Waals surface area contributed by atoms with Crippen LogP contribution in [0.4, 0.5) is 4.79 Å². The highest BCUT2D eigenvalue weighted by Crippen LogP contribution is 2.38. The number of rotatable bonds is 6. The van der Waals surface area contributed by atoms with Gasteiger partial charge in [-0.25, -0.2) is 14.6 Å². The number of piperazine rings is 1. The van der Waals surface area contributed by atoms with Crippen LogP contribution in [-0.2, 0) is 16.0 Å². The van der Waals surface area contributed by atoms with Gasteiger partial charge in [0.1, 0.15) is 5.60 Å². The Bertz CT molecular complexity index is 1480. The van der Waals surface area contributed by atoms with E-state index in [-0.39, 0.29) is 24.1 Å². The molecule has 0 bridgehead atoms. The Balaban J connectivity index is 1.52. The maximum absolute atomic E-state index is 14.5. The van der Waals surface area contributed by atoms with Gasteiger partial charge in [-0.2, -0.15) is 0 Å². The number of hydrogen-bond acceptors (Lipinski definition) is 5. The number of benzene rings is 2. The van der Waals surface area contributed by atoms with Gasteiger partial charge >= 0.3 is 12.1 Å². The number of hydrogen-bond donors (Lipinski definition) is 1. The standard InChI is InChI=1S/C34H40N4O5/c1-34(2,3)43-33(42)36-18-19-37(27(22-36)20-24-12-6-4-7-13-24)32(41)30-31(25-14-8-5-9-15-25)38(23-35-30)28-17-11-10-16-26(28)21-29(39)40/h4-9,12-15,21,23,27-28H,10-11,16-20,22H2,1-3H3,(H,39,40)/t27-,28+/m1/s1. The molecule has 43 heavy (non-hydrogen) atoms. The van der Waals surface area contributed by atoms with Gasteiger partial charge in [0.2, 0.25) is 0 Å². The van der Waals surface area contributed by atoms with Gasteiger partial charge in [0.25, 0.3) is 5.91 Å². The lowest BCUT2D eigenvalue weighted by Gasteiger charge is -2.41. The summed E-state index contributed by atoms with van der Waals surface area (Å²) in [5, 5.41) is 9.55. The van der Waals surface area contributed by atoms with E-state index >= 15 is 0 Å². The molecule has 1 saturated carbocycles. The summed E-state index contributed by atoms with van der Waals surface area (Å²) in [6, 6.07) is 19.1. The minimum Gasteiger partial charge on any atom is -0.478 e. The number of aromatic nitrogens is 2. The van der Waals surface area contributed by atoms with E-state index < -0.39 is 11.6 Å². The minimum atomic E-state index is -0.966. The van der Waals surface area contributed by atoms with Crippen LogP contribution >= 0.6 is 0 Å². The van der Waals surface area contributed by atoms with Crippen LogP contribution in [0.2, 0.25) is 0 Å². The van der Waals surface area contributed by atoms with Gasteiger partial charge < -0.3 is 24.2 Å². The maximum Gasteiger partial charge on any atom is 0.410 e. The highest BCUT2D eigenvalue weighted by atomic mass is 16.6. The van der Waals surface area contributed by atoms with Crippen LogP contribution in [-0.4, -0.2) is 73.7 Å². The first-order valence-electron chi connectivity index (χ1n) is 15.0. The van der Waals surface area contributed by atoms with Crippen LogP contribution in [0.3, 0.4) is 0 Å². The molecule has 2 aliphatic rings. The summed E-state index contributed by atoms with van der Waals surface area (Å²) < 4.78 is 7.65. The Morgan fingerprint density at radius 3 is 2.37 bits per heavy atom. The molecule has 1 N–H and O–H groups in total. The molecule has 1 aromatic heterocycles. The first-order valence-corrected chi connectivity index (χ1v) is 15.0. The van der Waals surface area contributed by atoms with Crippen molar-refractivity contribution in [3.63, 3.8) is 0 Å². The third-order valence-corrected chi connectivity index (χ3v) is 8.02. The predicted octanol–water partition coefficient (Wildman–Crippen LogP) is 5.98. The number of carbonyl (C=O) groups is 3. The Hall–Kier alpha value is -4.40. The third-order valence-electron chi connectivity index (χ3n) is 8.02. The third kappa shape index (κ3) is 7.16. The Morgan fingerprint density at radius 1 is 1.00 bits per heavy atom. The van der Waals surface area contributed by atoms with E-state index in [0.29, 0.717) is 43.9 Å². The zero-order valence-corrected chi connectivity index (χ0v) is 25.1. The molecule has 3 aromatic rings. The van der Waals surface area contributed by atoms with Crippen LogP contribution in [0.15, 0.2) is 78.6 Å². The van der Waals surface area contributed by atoms with Crippen molar-refractivity contribution in [3.8, 4) is 11.3 Å². The van der Waals surface area contributed by atoms with Crippen LogP contribution in [0, 0.1) is 0 Å². The molecule has 1 aliphatic carbocycles. The van der Waals surface area contributed by atoms with E-state index in [1.807, 2.05) is 90.9 Å². The van der Waals surface area contributed by atoms with Crippen molar-refractivity contribution < 1.29 is 24.2 Å². The molecule has 1 saturated heterocycles. The predicted molar refractivity (Wildman–Crippen MR) is 164 cm³/mol. The van der Waals surface area contributed by atoms with Gasteiger partial charge in [-0.05, 0) is 57.6 Å². The van der Waals surface area contributed by atoms with Crippen LogP contribution in [0.5, 0.6) is 0 Å². The summed E-state index contributed by atoms with van der Waals surface area (Å²) in [5.41, 5.74) is 3.13. The number of imidazole rings is 1. The molecular weight excluding hydrogens is 544 g/mol. The average molecular weight is 585 g/mol. The lowest BCUT2D eigenvalue weighted by molar-refractivity contribution is -0.131. The normalized spacial score (nSPS) is 20.2. The molecule has 2 atom stereocenters. The van der Waals surface area contributed by atoms with E-state index in [9.17, 15) is 19.5 Å². The zero-order chi connectivity index (χ0) is 30.6. The molecule has 2 heterocycles. The van der Waals surface area contributed by atoms with Gasteiger partial charge in [0, 0.05) is 31.3 Å². The van der Waals surface area contributed by atoms with Crippen LogP contribution in [0.1, 0.15) is 68.5 Å². The highest BCUT2D eigenvalue weighted by Gasteiger charge is 2.37. The van der Waals surface area contributed by atoms with Gasteiger partial charge in [0.05, 0.1) is 24.1 Å². The summed E-state index contributed by atoms with van der Waals surface area (Å²) in [5.74, 6) is -1.17. The molecule has 2 fully saturated rings. The second kappa shape index (κ2) is 12.9. The number of carboxylic acids is 1. The van der Waals surface area contributed by atoms with Gasteiger partial charge in [-0.3, -0.25) is 4.79 Å². The number of allylic oxidation sites excluding steroid dienone is 1. The quantitative estimate of drug-likeness (QED) is 0.358. The second-order valence-corrected chi connectivity index (χ2v) is 12.3. The highest BCUT2D eigenvalue weighted by molar-refractivity contribution is 5.98. The van der Waals surface area contributed by atoms with Gasteiger partial charge in [-0.1, -0.05) is 67.1 Å². The summed E-state index contributed by atoms with van der Waals surface area (Å²) >= 11 is 0. The van der Waals surface area contributed by atoms with Crippen molar-refractivity contribution >= 4 is 18.0 Å². The monoisotopic (exact) mass is 584 g/mol. The topological polar surface area (TPSA) is 105 Å². The van der Waals surface area contributed by atoms with Crippen molar-refractivity contribution in [1.29, 1.82) is 0 Å². The fourth-order valence-corrected chi connectivity index (χ4v) is 6.11. The van der Waals surface area contributed by atoms with Crippen molar-refractivity contribution in [2.45, 2.75) is 70.6 Å². The average Bonchev–Trinajstić information content (AvgIpc) is 3.42.